The third kappa shape index (κ3) is 1.95. The summed E-state index contributed by atoms with van der Waals surface area (Å²) in [5, 5.41) is -1.27. The molecule has 0 aliphatic heterocycles. The summed E-state index contributed by atoms with van der Waals surface area (Å²) in [6.45, 7) is 0. The van der Waals surface area contributed by atoms with Gasteiger partial charge in [-0.15, -0.1) is 0 Å². The van der Waals surface area contributed by atoms with Crippen LogP contribution in [-0.4, -0.2) is 10.2 Å². The third-order valence-corrected chi connectivity index (χ3v) is 1.65. The molecule has 0 spiro atoms. The smallest absolute Gasteiger partial charge is 0.284 e. The van der Waals surface area contributed by atoms with Gasteiger partial charge in [-0.05, 0) is 17.7 Å². The lowest BCUT2D eigenvalue weighted by molar-refractivity contribution is 0.106. The SMILES string of the molecule is O=C(Cl)c1[nH]c(=O)c(F)cc1C(F)F. The van der Waals surface area contributed by atoms with E-state index in [1.165, 1.54) is 0 Å². The Bertz CT molecular complexity index is 429. The standard InChI is InChI=1S/C7H3ClF3NO2/c8-5(13)4-2(6(10)11)1-3(9)7(14)12-4/h1,6H,(H,12,14). The van der Waals surface area contributed by atoms with Gasteiger partial charge < -0.3 is 4.98 Å². The molecule has 0 aliphatic carbocycles. The zero-order valence-electron chi connectivity index (χ0n) is 6.48. The van der Waals surface area contributed by atoms with E-state index in [-0.39, 0.29) is 0 Å². The van der Waals surface area contributed by atoms with E-state index in [4.69, 9.17) is 11.6 Å². The van der Waals surface area contributed by atoms with Gasteiger partial charge in [0.1, 0.15) is 5.69 Å². The fraction of sp³-hybridized carbons (Fsp3) is 0.143. The number of halogens is 4. The van der Waals surface area contributed by atoms with Crippen LogP contribution in [0.5, 0.6) is 0 Å². The molecule has 0 fully saturated rings. The van der Waals surface area contributed by atoms with Gasteiger partial charge in [-0.2, -0.15) is 0 Å². The summed E-state index contributed by atoms with van der Waals surface area (Å²) in [5.41, 5.74) is -2.98. The van der Waals surface area contributed by atoms with Crippen molar-refractivity contribution < 1.29 is 18.0 Å². The van der Waals surface area contributed by atoms with Crippen LogP contribution in [-0.2, 0) is 0 Å². The average molecular weight is 226 g/mol. The van der Waals surface area contributed by atoms with Crippen molar-refractivity contribution in [3.05, 3.63) is 33.5 Å². The van der Waals surface area contributed by atoms with Crippen molar-refractivity contribution in [2.75, 3.05) is 0 Å². The van der Waals surface area contributed by atoms with E-state index in [1.807, 2.05) is 0 Å². The summed E-state index contributed by atoms with van der Waals surface area (Å²) >= 11 is 4.91. The highest BCUT2D eigenvalue weighted by molar-refractivity contribution is 6.67. The molecule has 1 aromatic heterocycles. The number of pyridine rings is 1. The Morgan fingerprint density at radius 1 is 1.50 bits per heavy atom. The zero-order valence-corrected chi connectivity index (χ0v) is 7.24. The minimum Gasteiger partial charge on any atom is -0.315 e. The van der Waals surface area contributed by atoms with Gasteiger partial charge in [0.05, 0.1) is 0 Å². The molecule has 0 unspecified atom stereocenters. The Labute approximate surface area is 80.5 Å². The topological polar surface area (TPSA) is 49.9 Å². The molecule has 0 atom stereocenters. The number of alkyl halides is 2. The van der Waals surface area contributed by atoms with Gasteiger partial charge in [-0.1, -0.05) is 0 Å². The van der Waals surface area contributed by atoms with Gasteiger partial charge in [0.15, 0.2) is 5.82 Å². The van der Waals surface area contributed by atoms with Gasteiger partial charge in [-0.3, -0.25) is 9.59 Å². The Morgan fingerprint density at radius 2 is 2.07 bits per heavy atom. The molecular formula is C7H3ClF3NO2. The second-order valence-corrected chi connectivity index (χ2v) is 2.69. The van der Waals surface area contributed by atoms with Crippen LogP contribution in [0, 0.1) is 5.82 Å². The minimum absolute atomic E-state index is 0.291. The molecule has 0 aliphatic rings. The van der Waals surface area contributed by atoms with Gasteiger partial charge in [0.25, 0.3) is 17.2 Å². The maximum Gasteiger partial charge on any atom is 0.284 e. The van der Waals surface area contributed by atoms with Gasteiger partial charge in [-0.25, -0.2) is 13.2 Å². The number of rotatable bonds is 2. The second kappa shape index (κ2) is 3.83. The van der Waals surface area contributed by atoms with Crippen LogP contribution in [0.15, 0.2) is 10.9 Å². The average Bonchev–Trinajstić information content (AvgIpc) is 2.08. The number of aromatic nitrogens is 1. The molecule has 3 nitrogen and oxygen atoms in total. The summed E-state index contributed by atoms with van der Waals surface area (Å²) in [5.74, 6) is -1.39. The molecule has 0 amide bonds. The molecule has 14 heavy (non-hydrogen) atoms. The quantitative estimate of drug-likeness (QED) is 0.781. The number of aromatic amines is 1. The summed E-state index contributed by atoms with van der Waals surface area (Å²) in [4.78, 5) is 22.8. The van der Waals surface area contributed by atoms with Crippen LogP contribution in [0.4, 0.5) is 13.2 Å². The van der Waals surface area contributed by atoms with E-state index in [0.29, 0.717) is 6.07 Å². The second-order valence-electron chi connectivity index (χ2n) is 2.35. The van der Waals surface area contributed by atoms with E-state index in [2.05, 4.69) is 0 Å². The minimum atomic E-state index is -3.08. The molecule has 1 N–H and O–H groups in total. The largest absolute Gasteiger partial charge is 0.315 e. The van der Waals surface area contributed by atoms with E-state index in [9.17, 15) is 22.8 Å². The van der Waals surface area contributed by atoms with Crippen LogP contribution in [0.1, 0.15) is 22.5 Å². The lowest BCUT2D eigenvalue weighted by Crippen LogP contribution is -2.17. The molecule has 0 radical (unpaired) electrons. The van der Waals surface area contributed by atoms with E-state index in [1.54, 1.807) is 4.98 Å². The zero-order chi connectivity index (χ0) is 10.9. The van der Waals surface area contributed by atoms with Gasteiger partial charge in [0, 0.05) is 5.56 Å². The molecule has 0 saturated heterocycles. The number of H-pyrrole nitrogens is 1. The first-order valence-electron chi connectivity index (χ1n) is 3.34. The maximum absolute atomic E-state index is 12.6. The summed E-state index contributed by atoms with van der Waals surface area (Å²) in [7, 11) is 0. The van der Waals surface area contributed by atoms with Crippen LogP contribution in [0.25, 0.3) is 0 Å². The van der Waals surface area contributed by atoms with Crippen molar-refractivity contribution in [2.45, 2.75) is 6.43 Å². The van der Waals surface area contributed by atoms with Crippen molar-refractivity contribution in [3.63, 3.8) is 0 Å². The number of carbonyl (C=O) groups excluding carboxylic acids is 1. The molecule has 1 aromatic rings. The Kier molecular flexibility index (Phi) is 2.95. The Hall–Kier alpha value is -1.30. The van der Waals surface area contributed by atoms with E-state index < -0.39 is 34.3 Å². The van der Waals surface area contributed by atoms with Crippen molar-refractivity contribution in [3.8, 4) is 0 Å². The molecule has 76 valence electrons. The van der Waals surface area contributed by atoms with Crippen LogP contribution in [0.3, 0.4) is 0 Å². The fourth-order valence-electron chi connectivity index (χ4n) is 0.854. The first-order valence-corrected chi connectivity index (χ1v) is 3.72. The third-order valence-electron chi connectivity index (χ3n) is 1.46. The molecule has 0 saturated carbocycles. The number of hydrogen-bond acceptors (Lipinski definition) is 2. The highest BCUT2D eigenvalue weighted by Gasteiger charge is 2.20. The maximum atomic E-state index is 12.6. The highest BCUT2D eigenvalue weighted by atomic mass is 35.5. The van der Waals surface area contributed by atoms with Crippen LogP contribution >= 0.6 is 11.6 Å². The lowest BCUT2D eigenvalue weighted by Gasteiger charge is -2.03. The number of carbonyl (C=O) groups is 1. The fourth-order valence-corrected chi connectivity index (χ4v) is 1.01. The summed E-state index contributed by atoms with van der Waals surface area (Å²) in [6, 6.07) is 0.291. The van der Waals surface area contributed by atoms with E-state index in [0.717, 1.165) is 0 Å². The predicted molar refractivity (Wildman–Crippen MR) is 42.2 cm³/mol. The normalized spacial score (nSPS) is 10.6. The van der Waals surface area contributed by atoms with Gasteiger partial charge in [0.2, 0.25) is 0 Å². The van der Waals surface area contributed by atoms with Crippen molar-refractivity contribution in [2.24, 2.45) is 0 Å². The Balaban J connectivity index is 3.47. The van der Waals surface area contributed by atoms with Crippen molar-refractivity contribution in [1.82, 2.24) is 4.98 Å². The van der Waals surface area contributed by atoms with Crippen molar-refractivity contribution in [1.29, 1.82) is 0 Å². The first-order chi connectivity index (χ1) is 6.43. The monoisotopic (exact) mass is 225 g/mol. The molecule has 7 heteroatoms. The summed E-state index contributed by atoms with van der Waals surface area (Å²) < 4.78 is 37.0. The molecule has 0 bridgehead atoms. The molecule has 1 heterocycles. The highest BCUT2D eigenvalue weighted by Crippen LogP contribution is 2.22. The van der Waals surface area contributed by atoms with Crippen LogP contribution < -0.4 is 5.56 Å². The first kappa shape index (κ1) is 10.8. The number of hydrogen-bond donors (Lipinski definition) is 1. The predicted octanol–water partition coefficient (Wildman–Crippen LogP) is 1.83. The van der Waals surface area contributed by atoms with Gasteiger partial charge >= 0.3 is 0 Å². The summed E-state index contributed by atoms with van der Waals surface area (Å²) in [6.07, 6.45) is -3.08. The van der Waals surface area contributed by atoms with E-state index >= 15 is 0 Å². The lowest BCUT2D eigenvalue weighted by atomic mass is 10.2. The molecule has 1 rings (SSSR count). The van der Waals surface area contributed by atoms with Crippen LogP contribution in [0.2, 0.25) is 0 Å². The number of nitrogens with one attached hydrogen (secondary N) is 1. The van der Waals surface area contributed by atoms with Crippen molar-refractivity contribution >= 4 is 16.8 Å². The Morgan fingerprint density at radius 3 is 2.50 bits per heavy atom. The molecule has 0 aromatic carbocycles. The molecular weight excluding hydrogens is 223 g/mol.